The molecule has 0 spiro atoms. The lowest BCUT2D eigenvalue weighted by molar-refractivity contribution is 0.0844. The summed E-state index contributed by atoms with van der Waals surface area (Å²) in [5.74, 6) is 1.08. The highest BCUT2D eigenvalue weighted by Crippen LogP contribution is 2.21. The van der Waals surface area contributed by atoms with Crippen LogP contribution in [0.5, 0.6) is 0 Å². The van der Waals surface area contributed by atoms with Gasteiger partial charge in [-0.3, -0.25) is 4.68 Å². The summed E-state index contributed by atoms with van der Waals surface area (Å²) in [4.78, 5) is 2.14. The van der Waals surface area contributed by atoms with Gasteiger partial charge in [0.15, 0.2) is 0 Å². The lowest BCUT2D eigenvalue weighted by Gasteiger charge is -2.21. The fourth-order valence-electron chi connectivity index (χ4n) is 1.94. The third-order valence-electron chi connectivity index (χ3n) is 2.76. The van der Waals surface area contributed by atoms with Gasteiger partial charge in [-0.15, -0.1) is 0 Å². The molecule has 1 aromatic rings. The van der Waals surface area contributed by atoms with Gasteiger partial charge < -0.3 is 15.4 Å². The van der Waals surface area contributed by atoms with Crippen molar-refractivity contribution in [1.82, 2.24) is 9.78 Å². The van der Waals surface area contributed by atoms with Gasteiger partial charge in [0.05, 0.1) is 18.4 Å². The standard InChI is InChI=1S/C12H24N4O/c1-9(2)17-7-6-15(4)12-11(8-13)10(3)14-16(12)5/h9H,6-8,13H2,1-5H3. The van der Waals surface area contributed by atoms with E-state index in [1.165, 1.54) is 0 Å². The molecule has 1 aromatic heterocycles. The van der Waals surface area contributed by atoms with E-state index in [-0.39, 0.29) is 6.10 Å². The molecule has 0 radical (unpaired) electrons. The molecule has 98 valence electrons. The van der Waals surface area contributed by atoms with Crippen molar-refractivity contribution in [2.24, 2.45) is 12.8 Å². The summed E-state index contributed by atoms with van der Waals surface area (Å²) < 4.78 is 7.43. The van der Waals surface area contributed by atoms with E-state index < -0.39 is 0 Å². The zero-order chi connectivity index (χ0) is 13.0. The van der Waals surface area contributed by atoms with Crippen molar-refractivity contribution in [3.05, 3.63) is 11.3 Å². The zero-order valence-corrected chi connectivity index (χ0v) is 11.5. The lowest BCUT2D eigenvalue weighted by atomic mass is 10.2. The maximum Gasteiger partial charge on any atom is 0.131 e. The summed E-state index contributed by atoms with van der Waals surface area (Å²) in [7, 11) is 3.99. The van der Waals surface area contributed by atoms with Gasteiger partial charge in [0.25, 0.3) is 0 Å². The van der Waals surface area contributed by atoms with E-state index in [1.807, 2.05) is 39.5 Å². The number of nitrogens with zero attached hydrogens (tertiary/aromatic N) is 3. The molecule has 0 amide bonds. The molecule has 0 unspecified atom stereocenters. The second kappa shape index (κ2) is 6.02. The summed E-state index contributed by atoms with van der Waals surface area (Å²) >= 11 is 0. The summed E-state index contributed by atoms with van der Waals surface area (Å²) in [6.45, 7) is 8.14. The largest absolute Gasteiger partial charge is 0.377 e. The number of aromatic nitrogens is 2. The van der Waals surface area contributed by atoms with Crippen LogP contribution in [0.25, 0.3) is 0 Å². The molecule has 0 saturated heterocycles. The van der Waals surface area contributed by atoms with Crippen molar-refractivity contribution >= 4 is 5.82 Å². The molecule has 0 aromatic carbocycles. The molecule has 5 nitrogen and oxygen atoms in total. The number of ether oxygens (including phenoxy) is 1. The van der Waals surface area contributed by atoms with Crippen LogP contribution in [0.1, 0.15) is 25.1 Å². The molecule has 0 aliphatic heterocycles. The van der Waals surface area contributed by atoms with E-state index in [0.29, 0.717) is 13.2 Å². The van der Waals surface area contributed by atoms with Crippen molar-refractivity contribution in [3.63, 3.8) is 0 Å². The average molecular weight is 240 g/mol. The number of hydrogen-bond donors (Lipinski definition) is 1. The van der Waals surface area contributed by atoms with E-state index >= 15 is 0 Å². The summed E-state index contributed by atoms with van der Waals surface area (Å²) in [6.07, 6.45) is 0.269. The SMILES string of the molecule is Cc1nn(C)c(N(C)CCOC(C)C)c1CN. The van der Waals surface area contributed by atoms with E-state index in [9.17, 15) is 0 Å². The smallest absolute Gasteiger partial charge is 0.131 e. The molecular formula is C12H24N4O. The first-order valence-corrected chi connectivity index (χ1v) is 6.02. The van der Waals surface area contributed by atoms with Gasteiger partial charge in [0, 0.05) is 32.7 Å². The fourth-order valence-corrected chi connectivity index (χ4v) is 1.94. The van der Waals surface area contributed by atoms with E-state index in [0.717, 1.165) is 23.6 Å². The Balaban J connectivity index is 2.71. The van der Waals surface area contributed by atoms with Gasteiger partial charge in [0.2, 0.25) is 0 Å². The second-order valence-electron chi connectivity index (χ2n) is 4.56. The minimum absolute atomic E-state index is 0.269. The van der Waals surface area contributed by atoms with Crippen molar-refractivity contribution in [2.75, 3.05) is 25.1 Å². The molecule has 2 N–H and O–H groups in total. The van der Waals surface area contributed by atoms with E-state index in [2.05, 4.69) is 10.00 Å². The Labute approximate surface area is 104 Å². The number of likely N-dealkylation sites (N-methyl/N-ethyl adjacent to an activating group) is 1. The van der Waals surface area contributed by atoms with Crippen LogP contribution in [-0.2, 0) is 18.3 Å². The Hall–Kier alpha value is -1.07. The Kier molecular flexibility index (Phi) is 4.96. The van der Waals surface area contributed by atoms with Crippen molar-refractivity contribution < 1.29 is 4.74 Å². The van der Waals surface area contributed by atoms with E-state index in [4.69, 9.17) is 10.5 Å². The first-order chi connectivity index (χ1) is 7.97. The predicted molar refractivity (Wildman–Crippen MR) is 70.2 cm³/mol. The van der Waals surface area contributed by atoms with Crippen LogP contribution in [0.15, 0.2) is 0 Å². The number of rotatable bonds is 6. The van der Waals surface area contributed by atoms with Crippen LogP contribution in [0, 0.1) is 6.92 Å². The number of anilines is 1. The van der Waals surface area contributed by atoms with Crippen LogP contribution >= 0.6 is 0 Å². The molecule has 0 aliphatic carbocycles. The van der Waals surface area contributed by atoms with E-state index in [1.54, 1.807) is 0 Å². The number of hydrogen-bond acceptors (Lipinski definition) is 4. The maximum absolute atomic E-state index is 5.77. The van der Waals surface area contributed by atoms with Crippen LogP contribution < -0.4 is 10.6 Å². The molecule has 0 saturated carbocycles. The van der Waals surface area contributed by atoms with Crippen molar-refractivity contribution in [2.45, 2.75) is 33.4 Å². The molecule has 1 rings (SSSR count). The molecule has 0 aliphatic rings. The topological polar surface area (TPSA) is 56.3 Å². The van der Waals surface area contributed by atoms with Crippen molar-refractivity contribution in [3.8, 4) is 0 Å². The Bertz CT molecular complexity index is 360. The normalized spacial score (nSPS) is 11.2. The summed E-state index contributed by atoms with van der Waals surface area (Å²) in [5, 5.41) is 4.40. The van der Waals surface area contributed by atoms with Gasteiger partial charge >= 0.3 is 0 Å². The molecule has 0 atom stereocenters. The molecule has 5 heteroatoms. The van der Waals surface area contributed by atoms with Gasteiger partial charge in [-0.05, 0) is 20.8 Å². The third-order valence-corrected chi connectivity index (χ3v) is 2.76. The quantitative estimate of drug-likeness (QED) is 0.807. The Morgan fingerprint density at radius 2 is 2.12 bits per heavy atom. The highest BCUT2D eigenvalue weighted by Gasteiger charge is 2.15. The highest BCUT2D eigenvalue weighted by molar-refractivity contribution is 5.49. The minimum Gasteiger partial charge on any atom is -0.377 e. The maximum atomic E-state index is 5.77. The zero-order valence-electron chi connectivity index (χ0n) is 11.5. The molecule has 0 bridgehead atoms. The second-order valence-corrected chi connectivity index (χ2v) is 4.56. The first-order valence-electron chi connectivity index (χ1n) is 6.02. The molecule has 17 heavy (non-hydrogen) atoms. The lowest BCUT2D eigenvalue weighted by Crippen LogP contribution is -2.27. The summed E-state index contributed by atoms with van der Waals surface area (Å²) in [6, 6.07) is 0. The van der Waals surface area contributed by atoms with Crippen molar-refractivity contribution in [1.29, 1.82) is 0 Å². The summed E-state index contributed by atoms with van der Waals surface area (Å²) in [5.41, 5.74) is 7.88. The van der Waals surface area contributed by atoms with Gasteiger partial charge in [-0.2, -0.15) is 5.10 Å². The Morgan fingerprint density at radius 3 is 2.65 bits per heavy atom. The predicted octanol–water partition coefficient (Wildman–Crippen LogP) is 1.05. The minimum atomic E-state index is 0.269. The molecule has 1 heterocycles. The highest BCUT2D eigenvalue weighted by atomic mass is 16.5. The van der Waals surface area contributed by atoms with Gasteiger partial charge in [-0.1, -0.05) is 0 Å². The number of aryl methyl sites for hydroxylation is 2. The molecule has 0 fully saturated rings. The number of nitrogens with two attached hydrogens (primary N) is 1. The van der Waals surface area contributed by atoms with Crippen LogP contribution in [-0.4, -0.2) is 36.1 Å². The van der Waals surface area contributed by atoms with Gasteiger partial charge in [-0.25, -0.2) is 0 Å². The fraction of sp³-hybridized carbons (Fsp3) is 0.750. The van der Waals surface area contributed by atoms with Crippen LogP contribution in [0.3, 0.4) is 0 Å². The van der Waals surface area contributed by atoms with Gasteiger partial charge in [0.1, 0.15) is 5.82 Å². The van der Waals surface area contributed by atoms with Crippen LogP contribution in [0.2, 0.25) is 0 Å². The first kappa shape index (κ1) is 14.0. The molecular weight excluding hydrogens is 216 g/mol. The Morgan fingerprint density at radius 1 is 1.47 bits per heavy atom. The monoisotopic (exact) mass is 240 g/mol. The average Bonchev–Trinajstić information content (AvgIpc) is 2.52. The third kappa shape index (κ3) is 3.44. The van der Waals surface area contributed by atoms with Crippen LogP contribution in [0.4, 0.5) is 5.82 Å².